The van der Waals surface area contributed by atoms with E-state index in [4.69, 9.17) is 0 Å². The highest BCUT2D eigenvalue weighted by Crippen LogP contribution is 2.17. The molecular formula is C12H18O2. The summed E-state index contributed by atoms with van der Waals surface area (Å²) < 4.78 is 0. The summed E-state index contributed by atoms with van der Waals surface area (Å²) in [6, 6.07) is 9.71. The van der Waals surface area contributed by atoms with E-state index in [1.165, 1.54) is 0 Å². The van der Waals surface area contributed by atoms with E-state index in [1.54, 1.807) is 6.92 Å². The number of aliphatic hydroxyl groups excluding tert-OH is 1. The maximum absolute atomic E-state index is 9.80. The van der Waals surface area contributed by atoms with Gasteiger partial charge in [-0.3, -0.25) is 0 Å². The molecule has 0 saturated heterocycles. The van der Waals surface area contributed by atoms with E-state index in [-0.39, 0.29) is 0 Å². The lowest BCUT2D eigenvalue weighted by molar-refractivity contribution is -0.0629. The Hall–Kier alpha value is -0.860. The van der Waals surface area contributed by atoms with Gasteiger partial charge in [0.05, 0.1) is 11.7 Å². The molecule has 1 aromatic carbocycles. The molecule has 2 unspecified atom stereocenters. The molecule has 0 amide bonds. The summed E-state index contributed by atoms with van der Waals surface area (Å²) in [7, 11) is 0. The predicted octanol–water partition coefficient (Wildman–Crippen LogP) is 1.75. The average Bonchev–Trinajstić information content (AvgIpc) is 2.19. The normalized spacial score (nSPS) is 17.4. The Bertz CT molecular complexity index is 267. The van der Waals surface area contributed by atoms with E-state index in [0.29, 0.717) is 12.8 Å². The molecule has 2 nitrogen and oxygen atoms in total. The maximum atomic E-state index is 9.80. The molecule has 0 saturated carbocycles. The van der Waals surface area contributed by atoms with Crippen molar-refractivity contribution in [2.45, 2.75) is 38.4 Å². The van der Waals surface area contributed by atoms with Gasteiger partial charge in [-0.25, -0.2) is 0 Å². The first-order valence-electron chi connectivity index (χ1n) is 5.00. The standard InChI is InChI=1S/C12H18O2/c1-3-12(2,14)11(13)9-10-7-5-4-6-8-10/h4-8,11,13-14H,3,9H2,1-2H3. The maximum Gasteiger partial charge on any atom is 0.0878 e. The van der Waals surface area contributed by atoms with E-state index in [2.05, 4.69) is 0 Å². The largest absolute Gasteiger partial charge is 0.390 e. The molecule has 2 atom stereocenters. The fourth-order valence-corrected chi connectivity index (χ4v) is 1.29. The lowest BCUT2D eigenvalue weighted by atomic mass is 9.91. The van der Waals surface area contributed by atoms with E-state index in [9.17, 15) is 10.2 Å². The molecule has 14 heavy (non-hydrogen) atoms. The van der Waals surface area contributed by atoms with Crippen molar-refractivity contribution < 1.29 is 10.2 Å². The van der Waals surface area contributed by atoms with Crippen molar-refractivity contribution in [3.05, 3.63) is 35.9 Å². The summed E-state index contributed by atoms with van der Waals surface area (Å²) in [6.45, 7) is 3.54. The minimum absolute atomic E-state index is 0.502. The second-order valence-electron chi connectivity index (χ2n) is 3.92. The number of rotatable bonds is 4. The zero-order valence-corrected chi connectivity index (χ0v) is 8.77. The van der Waals surface area contributed by atoms with Gasteiger partial charge in [0.1, 0.15) is 0 Å². The number of hydrogen-bond acceptors (Lipinski definition) is 2. The molecule has 0 aliphatic rings. The molecule has 0 spiro atoms. The van der Waals surface area contributed by atoms with Crippen molar-refractivity contribution >= 4 is 0 Å². The van der Waals surface area contributed by atoms with Gasteiger partial charge in [-0.2, -0.15) is 0 Å². The second-order valence-corrected chi connectivity index (χ2v) is 3.92. The van der Waals surface area contributed by atoms with Crippen LogP contribution in [-0.4, -0.2) is 21.9 Å². The highest BCUT2D eigenvalue weighted by atomic mass is 16.3. The topological polar surface area (TPSA) is 40.5 Å². The third kappa shape index (κ3) is 2.82. The third-order valence-electron chi connectivity index (χ3n) is 2.71. The Morgan fingerprint density at radius 1 is 1.29 bits per heavy atom. The molecular weight excluding hydrogens is 176 g/mol. The van der Waals surface area contributed by atoms with Gasteiger partial charge in [0.25, 0.3) is 0 Å². The van der Waals surface area contributed by atoms with Gasteiger partial charge in [-0.05, 0) is 18.9 Å². The van der Waals surface area contributed by atoms with Crippen LogP contribution in [0, 0.1) is 0 Å². The predicted molar refractivity (Wildman–Crippen MR) is 57.1 cm³/mol. The molecule has 1 aromatic rings. The van der Waals surface area contributed by atoms with Crippen LogP contribution in [0.4, 0.5) is 0 Å². The molecule has 0 bridgehead atoms. The van der Waals surface area contributed by atoms with Crippen LogP contribution in [0.2, 0.25) is 0 Å². The average molecular weight is 194 g/mol. The van der Waals surface area contributed by atoms with E-state index >= 15 is 0 Å². The third-order valence-corrected chi connectivity index (χ3v) is 2.71. The summed E-state index contributed by atoms with van der Waals surface area (Å²) in [5.41, 5.74) is 0.0595. The highest BCUT2D eigenvalue weighted by molar-refractivity contribution is 5.16. The Balaban J connectivity index is 2.62. The Morgan fingerprint density at radius 3 is 2.36 bits per heavy atom. The summed E-state index contributed by atoms with van der Waals surface area (Å²) >= 11 is 0. The second kappa shape index (κ2) is 4.58. The highest BCUT2D eigenvalue weighted by Gasteiger charge is 2.27. The van der Waals surface area contributed by atoms with Crippen LogP contribution in [0.5, 0.6) is 0 Å². The van der Waals surface area contributed by atoms with Crippen LogP contribution in [0.25, 0.3) is 0 Å². The van der Waals surface area contributed by atoms with Crippen molar-refractivity contribution in [1.29, 1.82) is 0 Å². The molecule has 0 fully saturated rings. The molecule has 0 aliphatic carbocycles. The molecule has 0 radical (unpaired) electrons. The summed E-state index contributed by atoms with van der Waals surface area (Å²) in [6.07, 6.45) is 0.359. The molecule has 2 N–H and O–H groups in total. The fourth-order valence-electron chi connectivity index (χ4n) is 1.29. The van der Waals surface area contributed by atoms with Gasteiger partial charge in [-0.1, -0.05) is 37.3 Å². The van der Waals surface area contributed by atoms with Crippen LogP contribution >= 0.6 is 0 Å². The molecule has 2 heteroatoms. The number of aliphatic hydroxyl groups is 2. The molecule has 1 rings (SSSR count). The minimum Gasteiger partial charge on any atom is -0.390 e. The first-order chi connectivity index (χ1) is 6.56. The summed E-state index contributed by atoms with van der Waals surface area (Å²) in [5, 5.41) is 19.6. The van der Waals surface area contributed by atoms with Gasteiger partial charge in [-0.15, -0.1) is 0 Å². The van der Waals surface area contributed by atoms with Gasteiger partial charge >= 0.3 is 0 Å². The van der Waals surface area contributed by atoms with E-state index in [1.807, 2.05) is 37.3 Å². The van der Waals surface area contributed by atoms with Crippen LogP contribution in [0.1, 0.15) is 25.8 Å². The zero-order chi connectivity index (χ0) is 10.6. The van der Waals surface area contributed by atoms with Crippen molar-refractivity contribution in [3.8, 4) is 0 Å². The quantitative estimate of drug-likeness (QED) is 0.766. The van der Waals surface area contributed by atoms with Crippen LogP contribution in [-0.2, 0) is 6.42 Å². The zero-order valence-electron chi connectivity index (χ0n) is 8.77. The summed E-state index contributed by atoms with van der Waals surface area (Å²) in [5.74, 6) is 0. The number of hydrogen-bond donors (Lipinski definition) is 2. The lowest BCUT2D eigenvalue weighted by Crippen LogP contribution is -2.39. The molecule has 78 valence electrons. The van der Waals surface area contributed by atoms with E-state index < -0.39 is 11.7 Å². The van der Waals surface area contributed by atoms with E-state index in [0.717, 1.165) is 5.56 Å². The first-order valence-corrected chi connectivity index (χ1v) is 5.00. The summed E-state index contributed by atoms with van der Waals surface area (Å²) in [4.78, 5) is 0. The van der Waals surface area contributed by atoms with Crippen molar-refractivity contribution in [3.63, 3.8) is 0 Å². The Kier molecular flexibility index (Phi) is 3.67. The van der Waals surface area contributed by atoms with Gasteiger partial charge < -0.3 is 10.2 Å². The Labute approximate surface area is 85.2 Å². The lowest BCUT2D eigenvalue weighted by Gasteiger charge is -2.27. The van der Waals surface area contributed by atoms with Gasteiger partial charge in [0.2, 0.25) is 0 Å². The van der Waals surface area contributed by atoms with Crippen molar-refractivity contribution in [2.24, 2.45) is 0 Å². The SMILES string of the molecule is CCC(C)(O)C(O)Cc1ccccc1. The minimum atomic E-state index is -0.990. The van der Waals surface area contributed by atoms with Gasteiger partial charge in [0, 0.05) is 6.42 Å². The molecule has 0 heterocycles. The number of benzene rings is 1. The molecule has 0 aromatic heterocycles. The Morgan fingerprint density at radius 2 is 1.86 bits per heavy atom. The van der Waals surface area contributed by atoms with Crippen molar-refractivity contribution in [2.75, 3.05) is 0 Å². The van der Waals surface area contributed by atoms with Gasteiger partial charge in [0.15, 0.2) is 0 Å². The monoisotopic (exact) mass is 194 g/mol. The fraction of sp³-hybridized carbons (Fsp3) is 0.500. The van der Waals surface area contributed by atoms with Crippen LogP contribution in [0.15, 0.2) is 30.3 Å². The first kappa shape index (κ1) is 11.2. The smallest absolute Gasteiger partial charge is 0.0878 e. The molecule has 0 aliphatic heterocycles. The van der Waals surface area contributed by atoms with Crippen molar-refractivity contribution in [1.82, 2.24) is 0 Å². The van der Waals surface area contributed by atoms with Crippen LogP contribution in [0.3, 0.4) is 0 Å². The van der Waals surface area contributed by atoms with Crippen LogP contribution < -0.4 is 0 Å².